The molecule has 0 bridgehead atoms. The highest BCUT2D eigenvalue weighted by Crippen LogP contribution is 2.39. The number of benzene rings is 2. The van der Waals surface area contributed by atoms with Crippen molar-refractivity contribution in [1.29, 1.82) is 10.5 Å². The zero-order chi connectivity index (χ0) is 22.7. The van der Waals surface area contributed by atoms with Crippen molar-refractivity contribution < 1.29 is 26.3 Å². The summed E-state index contributed by atoms with van der Waals surface area (Å²) in [4.78, 5) is 0.904. The predicted molar refractivity (Wildman–Crippen MR) is 98.4 cm³/mol. The average Bonchev–Trinajstić information content (AvgIpc) is 2.65. The van der Waals surface area contributed by atoms with Gasteiger partial charge in [0, 0.05) is 28.5 Å². The fraction of sp³-hybridized carbons (Fsp3) is 0.158. The topological polar surface area (TPSA) is 50.8 Å². The molecule has 11 heteroatoms. The van der Waals surface area contributed by atoms with E-state index in [-0.39, 0.29) is 22.7 Å². The molecule has 0 spiro atoms. The van der Waals surface area contributed by atoms with Gasteiger partial charge in [0.15, 0.2) is 0 Å². The number of rotatable bonds is 4. The van der Waals surface area contributed by atoms with Crippen LogP contribution in [-0.2, 0) is 18.9 Å². The Labute approximate surface area is 176 Å². The van der Waals surface area contributed by atoms with Crippen LogP contribution >= 0.6 is 23.2 Å². The summed E-state index contributed by atoms with van der Waals surface area (Å²) in [6.45, 7) is -0.332. The molecule has 30 heavy (non-hydrogen) atoms. The summed E-state index contributed by atoms with van der Waals surface area (Å²) < 4.78 is 79.1. The van der Waals surface area contributed by atoms with Gasteiger partial charge in [-0.1, -0.05) is 29.3 Å². The lowest BCUT2D eigenvalue weighted by molar-refractivity contribution is -0.143. The lowest BCUT2D eigenvalue weighted by Gasteiger charge is -2.24. The largest absolute Gasteiger partial charge is 0.416 e. The molecule has 0 N–H and O–H groups in total. The minimum Gasteiger partial charge on any atom is -0.341 e. The van der Waals surface area contributed by atoms with Crippen molar-refractivity contribution in [2.75, 3.05) is 4.90 Å². The minimum absolute atomic E-state index is 0.0177. The first-order valence-corrected chi connectivity index (χ1v) is 8.63. The second-order valence-electron chi connectivity index (χ2n) is 5.89. The van der Waals surface area contributed by atoms with Crippen LogP contribution in [0.2, 0.25) is 10.0 Å². The molecule has 0 atom stereocenters. The lowest BCUT2D eigenvalue weighted by Crippen LogP contribution is -2.19. The summed E-state index contributed by atoms with van der Waals surface area (Å²) in [6.07, 6.45) is -9.27. The third-order valence-corrected chi connectivity index (χ3v) is 4.37. The Morgan fingerprint density at radius 1 is 0.900 bits per heavy atom. The average molecular weight is 464 g/mol. The Bertz CT molecular complexity index is 1010. The van der Waals surface area contributed by atoms with E-state index in [1.54, 1.807) is 0 Å². The van der Waals surface area contributed by atoms with Crippen LogP contribution in [0, 0.1) is 22.7 Å². The van der Waals surface area contributed by atoms with Gasteiger partial charge in [-0.05, 0) is 35.9 Å². The smallest absolute Gasteiger partial charge is 0.341 e. The van der Waals surface area contributed by atoms with Crippen molar-refractivity contribution in [2.45, 2.75) is 18.9 Å². The van der Waals surface area contributed by atoms with Gasteiger partial charge in [0.1, 0.15) is 17.7 Å². The molecular formula is C19H9Cl2F6N3. The molecule has 0 saturated heterocycles. The predicted octanol–water partition coefficient (Wildman–Crippen LogP) is 6.97. The zero-order valence-electron chi connectivity index (χ0n) is 14.6. The number of nitrogens with zero attached hydrogens (tertiary/aromatic N) is 3. The summed E-state index contributed by atoms with van der Waals surface area (Å²) >= 11 is 11.8. The highest BCUT2D eigenvalue weighted by Gasteiger charge is 2.37. The van der Waals surface area contributed by atoms with Crippen molar-refractivity contribution in [3.8, 4) is 12.1 Å². The van der Waals surface area contributed by atoms with E-state index < -0.39 is 34.7 Å². The van der Waals surface area contributed by atoms with Gasteiger partial charge in [-0.15, -0.1) is 0 Å². The van der Waals surface area contributed by atoms with Crippen molar-refractivity contribution in [3.63, 3.8) is 0 Å². The van der Waals surface area contributed by atoms with Crippen molar-refractivity contribution in [1.82, 2.24) is 0 Å². The van der Waals surface area contributed by atoms with E-state index >= 15 is 0 Å². The number of hydrogen-bond acceptors (Lipinski definition) is 3. The second kappa shape index (κ2) is 8.86. The highest BCUT2D eigenvalue weighted by molar-refractivity contribution is 6.35. The summed E-state index contributed by atoms with van der Waals surface area (Å²) in [6, 6.07) is 8.16. The number of nitriles is 2. The van der Waals surface area contributed by atoms with Crippen molar-refractivity contribution in [3.05, 3.63) is 74.9 Å². The van der Waals surface area contributed by atoms with Gasteiger partial charge in [-0.25, -0.2) is 0 Å². The number of alkyl halides is 6. The SMILES string of the molecule is N#CC(C#N)=CN(Cc1ccc(Cl)cc1Cl)c1cc(C(F)(F)F)cc(C(F)(F)F)c1. The summed E-state index contributed by atoms with van der Waals surface area (Å²) in [5, 5.41) is 18.3. The Morgan fingerprint density at radius 2 is 1.43 bits per heavy atom. The zero-order valence-corrected chi connectivity index (χ0v) is 16.1. The van der Waals surface area contributed by atoms with Crippen LogP contribution in [0.15, 0.2) is 48.2 Å². The van der Waals surface area contributed by atoms with Crippen LogP contribution in [0.25, 0.3) is 0 Å². The molecule has 156 valence electrons. The van der Waals surface area contributed by atoms with Gasteiger partial charge in [-0.2, -0.15) is 36.9 Å². The molecule has 0 radical (unpaired) electrons. The Balaban J connectivity index is 2.70. The summed E-state index contributed by atoms with van der Waals surface area (Å²) in [7, 11) is 0. The first kappa shape index (κ1) is 23.4. The van der Waals surface area contributed by atoms with Gasteiger partial charge < -0.3 is 4.90 Å². The van der Waals surface area contributed by atoms with Crippen molar-refractivity contribution >= 4 is 28.9 Å². The normalized spacial score (nSPS) is 11.4. The molecule has 0 aliphatic carbocycles. The van der Waals surface area contributed by atoms with Crippen LogP contribution < -0.4 is 4.90 Å². The first-order valence-electron chi connectivity index (χ1n) is 7.87. The van der Waals surface area contributed by atoms with Gasteiger partial charge in [0.05, 0.1) is 11.1 Å². The van der Waals surface area contributed by atoms with Gasteiger partial charge in [-0.3, -0.25) is 0 Å². The first-order chi connectivity index (χ1) is 13.8. The van der Waals surface area contributed by atoms with E-state index in [4.69, 9.17) is 33.7 Å². The molecule has 0 fully saturated rings. The van der Waals surface area contributed by atoms with Crippen LogP contribution in [-0.4, -0.2) is 0 Å². The van der Waals surface area contributed by atoms with Gasteiger partial charge >= 0.3 is 12.4 Å². The molecular weight excluding hydrogens is 455 g/mol. The third kappa shape index (κ3) is 5.82. The van der Waals surface area contributed by atoms with E-state index in [1.165, 1.54) is 30.3 Å². The molecule has 3 nitrogen and oxygen atoms in total. The number of anilines is 1. The molecule has 0 heterocycles. The fourth-order valence-electron chi connectivity index (χ4n) is 2.39. The Hall–Kier alpha value is -2.88. The molecule has 2 aromatic rings. The third-order valence-electron chi connectivity index (χ3n) is 3.79. The van der Waals surface area contributed by atoms with Crippen LogP contribution in [0.1, 0.15) is 16.7 Å². The Morgan fingerprint density at radius 3 is 1.87 bits per heavy atom. The maximum Gasteiger partial charge on any atom is 0.416 e. The summed E-state index contributed by atoms with van der Waals surface area (Å²) in [5.41, 5.74) is -3.86. The van der Waals surface area contributed by atoms with E-state index in [0.29, 0.717) is 17.7 Å². The monoisotopic (exact) mass is 463 g/mol. The highest BCUT2D eigenvalue weighted by atomic mass is 35.5. The van der Waals surface area contributed by atoms with Crippen LogP contribution in [0.5, 0.6) is 0 Å². The lowest BCUT2D eigenvalue weighted by atomic mass is 10.1. The van der Waals surface area contributed by atoms with Crippen LogP contribution in [0.4, 0.5) is 32.0 Å². The Kier molecular flexibility index (Phi) is 6.91. The molecule has 2 aromatic carbocycles. The van der Waals surface area contributed by atoms with E-state index in [1.807, 2.05) is 0 Å². The quantitative estimate of drug-likeness (QED) is 0.363. The summed E-state index contributed by atoms with van der Waals surface area (Å²) in [5.74, 6) is 0. The minimum atomic E-state index is -5.06. The maximum absolute atomic E-state index is 13.2. The second-order valence-corrected chi connectivity index (χ2v) is 6.74. The van der Waals surface area contributed by atoms with Gasteiger partial charge in [0.2, 0.25) is 0 Å². The number of halogens is 8. The molecule has 0 unspecified atom stereocenters. The number of hydrogen-bond donors (Lipinski definition) is 0. The van der Waals surface area contributed by atoms with Crippen molar-refractivity contribution in [2.24, 2.45) is 0 Å². The van der Waals surface area contributed by atoms with Crippen LogP contribution in [0.3, 0.4) is 0 Å². The molecule has 0 amide bonds. The number of allylic oxidation sites excluding steroid dienone is 1. The van der Waals surface area contributed by atoms with E-state index in [2.05, 4.69) is 0 Å². The van der Waals surface area contributed by atoms with E-state index in [9.17, 15) is 26.3 Å². The standard InChI is InChI=1S/C19H9Cl2F6N3/c20-15-2-1-12(17(21)6-15)10-30(9-11(7-28)8-29)16-4-13(18(22,23)24)3-14(5-16)19(25,26)27/h1-6,9H,10H2. The van der Waals surface area contributed by atoms with Gasteiger partial charge in [0.25, 0.3) is 0 Å². The molecule has 2 rings (SSSR count). The maximum atomic E-state index is 13.2. The van der Waals surface area contributed by atoms with E-state index in [0.717, 1.165) is 11.1 Å². The molecule has 0 aromatic heterocycles. The molecule has 0 aliphatic rings. The molecule has 0 aliphatic heterocycles. The fourth-order valence-corrected chi connectivity index (χ4v) is 2.86. The molecule has 0 saturated carbocycles.